The number of aromatic nitrogens is 2. The van der Waals surface area contributed by atoms with Crippen molar-refractivity contribution < 1.29 is 4.74 Å². The molecule has 0 saturated carbocycles. The molecule has 0 aliphatic carbocycles. The molecule has 4 rings (SSSR count). The maximum Gasteiger partial charge on any atom is 0.119 e. The lowest BCUT2D eigenvalue weighted by molar-refractivity contribution is 0.302. The third-order valence-electron chi connectivity index (χ3n) is 6.33. The maximum absolute atomic E-state index is 5.97. The summed E-state index contributed by atoms with van der Waals surface area (Å²) in [6, 6.07) is 14.9. The normalized spacial score (nSPS) is 14.6. The first-order valence-corrected chi connectivity index (χ1v) is 11.6. The van der Waals surface area contributed by atoms with E-state index in [0.717, 1.165) is 43.7 Å². The Morgan fingerprint density at radius 3 is 2.57 bits per heavy atom. The van der Waals surface area contributed by atoms with E-state index in [1.165, 1.54) is 61.4 Å². The first-order valence-electron chi connectivity index (χ1n) is 11.6. The van der Waals surface area contributed by atoms with Crippen molar-refractivity contribution >= 4 is 11.0 Å². The molecule has 3 aromatic rings. The van der Waals surface area contributed by atoms with E-state index in [1.54, 1.807) is 0 Å². The van der Waals surface area contributed by atoms with Crippen LogP contribution in [0.1, 0.15) is 49.1 Å². The summed E-state index contributed by atoms with van der Waals surface area (Å²) in [5.74, 6) is 2.22. The van der Waals surface area contributed by atoms with Crippen LogP contribution in [0.3, 0.4) is 0 Å². The van der Waals surface area contributed by atoms with Gasteiger partial charge in [0.15, 0.2) is 0 Å². The molecule has 2 heterocycles. The number of benzene rings is 2. The van der Waals surface area contributed by atoms with Crippen molar-refractivity contribution in [2.45, 2.75) is 58.9 Å². The third-order valence-corrected chi connectivity index (χ3v) is 6.33. The third kappa shape index (κ3) is 5.23. The van der Waals surface area contributed by atoms with Crippen molar-refractivity contribution in [1.82, 2.24) is 14.5 Å². The van der Waals surface area contributed by atoms with Crippen molar-refractivity contribution in [2.24, 2.45) is 0 Å². The van der Waals surface area contributed by atoms with Crippen molar-refractivity contribution in [3.8, 4) is 5.75 Å². The number of aryl methyl sites for hydroxylation is 4. The monoisotopic (exact) mass is 405 g/mol. The minimum atomic E-state index is 0.763. The molecular weight excluding hydrogens is 370 g/mol. The second-order valence-corrected chi connectivity index (χ2v) is 8.62. The van der Waals surface area contributed by atoms with Crippen LogP contribution in [0.2, 0.25) is 0 Å². The van der Waals surface area contributed by atoms with Crippen LogP contribution in [-0.2, 0) is 13.0 Å². The van der Waals surface area contributed by atoms with Crippen molar-refractivity contribution in [2.75, 3.05) is 26.2 Å². The van der Waals surface area contributed by atoms with Gasteiger partial charge < -0.3 is 14.2 Å². The van der Waals surface area contributed by atoms with Crippen LogP contribution in [0, 0.1) is 13.8 Å². The Labute approximate surface area is 180 Å². The summed E-state index contributed by atoms with van der Waals surface area (Å²) >= 11 is 0. The van der Waals surface area contributed by atoms with Crippen LogP contribution in [0.4, 0.5) is 0 Å². The molecule has 1 aliphatic heterocycles. The molecule has 0 spiro atoms. The second-order valence-electron chi connectivity index (χ2n) is 8.62. The van der Waals surface area contributed by atoms with Crippen molar-refractivity contribution in [1.29, 1.82) is 0 Å². The van der Waals surface area contributed by atoms with Crippen LogP contribution < -0.4 is 4.74 Å². The summed E-state index contributed by atoms with van der Waals surface area (Å²) in [6.45, 7) is 9.80. The number of hydrogen-bond acceptors (Lipinski definition) is 3. The fourth-order valence-electron chi connectivity index (χ4n) is 4.40. The highest BCUT2D eigenvalue weighted by Crippen LogP contribution is 2.20. The minimum Gasteiger partial charge on any atom is -0.494 e. The SMILES string of the molecule is Cc1ccc(OCCCCn2c(CCCN3CCCC3)nc3ccccc32)cc1C. The summed E-state index contributed by atoms with van der Waals surface area (Å²) < 4.78 is 8.41. The highest BCUT2D eigenvalue weighted by atomic mass is 16.5. The van der Waals surface area contributed by atoms with Gasteiger partial charge >= 0.3 is 0 Å². The Balaban J connectivity index is 1.31. The van der Waals surface area contributed by atoms with Gasteiger partial charge in [-0.1, -0.05) is 18.2 Å². The fourth-order valence-corrected chi connectivity index (χ4v) is 4.40. The van der Waals surface area contributed by atoms with Gasteiger partial charge in [-0.3, -0.25) is 0 Å². The average Bonchev–Trinajstić information content (AvgIpc) is 3.38. The smallest absolute Gasteiger partial charge is 0.119 e. The van der Waals surface area contributed by atoms with Gasteiger partial charge in [0.2, 0.25) is 0 Å². The number of hydrogen-bond donors (Lipinski definition) is 0. The maximum atomic E-state index is 5.97. The number of likely N-dealkylation sites (tertiary alicyclic amines) is 1. The van der Waals surface area contributed by atoms with E-state index in [0.29, 0.717) is 0 Å². The van der Waals surface area contributed by atoms with E-state index in [4.69, 9.17) is 9.72 Å². The van der Waals surface area contributed by atoms with Crippen LogP contribution >= 0.6 is 0 Å². The van der Waals surface area contributed by atoms with E-state index in [1.807, 2.05) is 0 Å². The topological polar surface area (TPSA) is 30.3 Å². The number of imidazole rings is 1. The first kappa shape index (κ1) is 20.9. The molecule has 30 heavy (non-hydrogen) atoms. The molecule has 1 saturated heterocycles. The first-order chi connectivity index (χ1) is 14.7. The summed E-state index contributed by atoms with van der Waals surface area (Å²) in [7, 11) is 0. The fraction of sp³-hybridized carbons (Fsp3) is 0.500. The number of nitrogens with zero attached hydrogens (tertiary/aromatic N) is 3. The molecule has 0 atom stereocenters. The Morgan fingerprint density at radius 2 is 1.73 bits per heavy atom. The number of ether oxygens (including phenoxy) is 1. The molecule has 160 valence electrons. The average molecular weight is 406 g/mol. The molecule has 4 nitrogen and oxygen atoms in total. The van der Waals surface area contributed by atoms with E-state index >= 15 is 0 Å². The molecular formula is C26H35N3O. The quantitative estimate of drug-likeness (QED) is 0.415. The Bertz CT molecular complexity index is 956. The second kappa shape index (κ2) is 10.1. The van der Waals surface area contributed by atoms with Gasteiger partial charge in [0.05, 0.1) is 17.6 Å². The zero-order valence-electron chi connectivity index (χ0n) is 18.6. The number of rotatable bonds is 10. The standard InChI is InChI=1S/C26H35N3O/c1-21-13-14-23(20-22(21)2)30-19-8-7-18-29-25-11-4-3-10-24(25)27-26(29)12-9-17-28-15-5-6-16-28/h3-4,10-11,13-14,20H,5-9,12,15-19H2,1-2H3. The summed E-state index contributed by atoms with van der Waals surface area (Å²) in [5.41, 5.74) is 4.99. The molecule has 2 aromatic carbocycles. The Morgan fingerprint density at radius 1 is 0.900 bits per heavy atom. The summed E-state index contributed by atoms with van der Waals surface area (Å²) in [5, 5.41) is 0. The highest BCUT2D eigenvalue weighted by molar-refractivity contribution is 5.75. The van der Waals surface area contributed by atoms with Crippen LogP contribution in [0.25, 0.3) is 11.0 Å². The lowest BCUT2D eigenvalue weighted by atomic mass is 10.1. The molecule has 0 bridgehead atoms. The molecule has 0 amide bonds. The van der Waals surface area contributed by atoms with Crippen molar-refractivity contribution in [3.63, 3.8) is 0 Å². The zero-order valence-corrected chi connectivity index (χ0v) is 18.6. The number of unbranched alkanes of at least 4 members (excludes halogenated alkanes) is 1. The molecule has 0 radical (unpaired) electrons. The lowest BCUT2D eigenvalue weighted by Gasteiger charge is -2.14. The van der Waals surface area contributed by atoms with Crippen LogP contribution in [0.15, 0.2) is 42.5 Å². The Hall–Kier alpha value is -2.33. The molecule has 1 aliphatic rings. The predicted octanol–water partition coefficient (Wildman–Crippen LogP) is 5.54. The van der Waals surface area contributed by atoms with Gasteiger partial charge in [0.25, 0.3) is 0 Å². The van der Waals surface area contributed by atoms with Gasteiger partial charge in [0.1, 0.15) is 11.6 Å². The predicted molar refractivity (Wildman–Crippen MR) is 124 cm³/mol. The van der Waals surface area contributed by atoms with Crippen LogP contribution in [0.5, 0.6) is 5.75 Å². The Kier molecular flexibility index (Phi) is 7.06. The van der Waals surface area contributed by atoms with E-state index in [-0.39, 0.29) is 0 Å². The summed E-state index contributed by atoms with van der Waals surface area (Å²) in [6.07, 6.45) is 7.13. The van der Waals surface area contributed by atoms with Crippen LogP contribution in [-0.4, -0.2) is 40.7 Å². The van der Waals surface area contributed by atoms with Gasteiger partial charge in [-0.05, 0) is 101 Å². The lowest BCUT2D eigenvalue weighted by Crippen LogP contribution is -2.21. The van der Waals surface area contributed by atoms with E-state index in [2.05, 4.69) is 65.8 Å². The highest BCUT2D eigenvalue weighted by Gasteiger charge is 2.13. The zero-order chi connectivity index (χ0) is 20.8. The van der Waals surface area contributed by atoms with Gasteiger partial charge in [-0.25, -0.2) is 4.98 Å². The van der Waals surface area contributed by atoms with E-state index in [9.17, 15) is 0 Å². The largest absolute Gasteiger partial charge is 0.494 e. The van der Waals surface area contributed by atoms with Crippen molar-refractivity contribution in [3.05, 3.63) is 59.4 Å². The van der Waals surface area contributed by atoms with Gasteiger partial charge in [-0.15, -0.1) is 0 Å². The number of para-hydroxylation sites is 2. The summed E-state index contributed by atoms with van der Waals surface area (Å²) in [4.78, 5) is 7.55. The van der Waals surface area contributed by atoms with E-state index < -0.39 is 0 Å². The van der Waals surface area contributed by atoms with Gasteiger partial charge in [0, 0.05) is 13.0 Å². The number of fused-ring (bicyclic) bond motifs is 1. The minimum absolute atomic E-state index is 0.763. The molecule has 0 N–H and O–H groups in total. The molecule has 1 aromatic heterocycles. The molecule has 1 fully saturated rings. The van der Waals surface area contributed by atoms with Gasteiger partial charge in [-0.2, -0.15) is 0 Å². The molecule has 4 heteroatoms. The molecule has 0 unspecified atom stereocenters.